The Morgan fingerprint density at radius 1 is 0.952 bits per heavy atom. The van der Waals surface area contributed by atoms with Gasteiger partial charge < -0.3 is 19.3 Å². The fourth-order valence-corrected chi connectivity index (χ4v) is 6.61. The lowest BCUT2D eigenvalue weighted by atomic mass is 9.73. The number of aliphatic hydroxyl groups is 1. The number of allylic oxidation sites excluding steroid dienone is 8. The molecule has 1 aromatic carbocycles. The fraction of sp³-hybridized carbons (Fsp3) is 0.528. The van der Waals surface area contributed by atoms with E-state index in [-0.39, 0.29) is 24.7 Å². The van der Waals surface area contributed by atoms with Crippen LogP contribution in [-0.2, 0) is 16.1 Å². The summed E-state index contributed by atoms with van der Waals surface area (Å²) < 4.78 is 17.3. The molecule has 0 radical (unpaired) electrons. The summed E-state index contributed by atoms with van der Waals surface area (Å²) in [5.74, 6) is 1.14. The van der Waals surface area contributed by atoms with E-state index in [9.17, 15) is 9.90 Å². The van der Waals surface area contributed by atoms with E-state index >= 15 is 0 Å². The van der Waals surface area contributed by atoms with Gasteiger partial charge in [0, 0.05) is 31.5 Å². The molecular formula is C36H47NO5. The minimum Gasteiger partial charge on any atom is -0.459 e. The van der Waals surface area contributed by atoms with Crippen LogP contribution in [0.25, 0.3) is 0 Å². The molecule has 1 fully saturated rings. The van der Waals surface area contributed by atoms with Gasteiger partial charge in [-0.2, -0.15) is 0 Å². The zero-order valence-electron chi connectivity index (χ0n) is 25.1. The first-order chi connectivity index (χ1) is 20.7. The third-order valence-electron chi connectivity index (χ3n) is 8.72. The lowest BCUT2D eigenvalue weighted by Crippen LogP contribution is -2.51. The molecule has 4 unspecified atom stereocenters. The number of rotatable bonds is 15. The van der Waals surface area contributed by atoms with Crippen molar-refractivity contribution in [3.8, 4) is 11.5 Å². The van der Waals surface area contributed by atoms with Gasteiger partial charge in [0.1, 0.15) is 12.2 Å². The van der Waals surface area contributed by atoms with Crippen LogP contribution in [0, 0.1) is 0 Å². The van der Waals surface area contributed by atoms with Gasteiger partial charge in [0.05, 0.1) is 0 Å². The highest BCUT2D eigenvalue weighted by atomic mass is 16.7. The number of carbonyl (C=O) groups is 1. The van der Waals surface area contributed by atoms with Crippen molar-refractivity contribution in [3.05, 3.63) is 83.5 Å². The topological polar surface area (TPSA) is 68.2 Å². The molecule has 3 aliphatic heterocycles. The Kier molecular flexibility index (Phi) is 11.1. The van der Waals surface area contributed by atoms with Crippen molar-refractivity contribution in [2.75, 3.05) is 13.3 Å². The van der Waals surface area contributed by atoms with Crippen LogP contribution >= 0.6 is 0 Å². The van der Waals surface area contributed by atoms with Crippen molar-refractivity contribution in [2.24, 2.45) is 0 Å². The molecule has 226 valence electrons. The summed E-state index contributed by atoms with van der Waals surface area (Å²) in [7, 11) is 0. The Hall–Kier alpha value is -3.09. The average molecular weight is 574 g/mol. The van der Waals surface area contributed by atoms with E-state index in [1.165, 1.54) is 31.3 Å². The van der Waals surface area contributed by atoms with Crippen LogP contribution in [-0.4, -0.2) is 47.6 Å². The molecule has 0 amide bonds. The molecular weight excluding hydrogens is 526 g/mol. The van der Waals surface area contributed by atoms with Crippen molar-refractivity contribution in [2.45, 2.75) is 108 Å². The van der Waals surface area contributed by atoms with Crippen molar-refractivity contribution in [1.29, 1.82) is 0 Å². The first kappa shape index (κ1) is 30.4. The third kappa shape index (κ3) is 7.64. The van der Waals surface area contributed by atoms with Gasteiger partial charge in [-0.3, -0.25) is 9.69 Å². The molecule has 6 heteroatoms. The average Bonchev–Trinajstić information content (AvgIpc) is 3.61. The Balaban J connectivity index is 1.04. The van der Waals surface area contributed by atoms with Gasteiger partial charge >= 0.3 is 5.97 Å². The van der Waals surface area contributed by atoms with E-state index < -0.39 is 12.2 Å². The summed E-state index contributed by atoms with van der Waals surface area (Å²) in [5, 5.41) is 11.1. The Bertz CT molecular complexity index is 1210. The predicted octanol–water partition coefficient (Wildman–Crippen LogP) is 7.45. The third-order valence-corrected chi connectivity index (χ3v) is 8.72. The lowest BCUT2D eigenvalue weighted by Gasteiger charge is -2.45. The van der Waals surface area contributed by atoms with Crippen LogP contribution in [0.15, 0.2) is 72.4 Å². The van der Waals surface area contributed by atoms with Crippen molar-refractivity contribution in [1.82, 2.24) is 4.90 Å². The van der Waals surface area contributed by atoms with E-state index in [2.05, 4.69) is 66.5 Å². The largest absolute Gasteiger partial charge is 0.459 e. The van der Waals surface area contributed by atoms with Gasteiger partial charge in [-0.15, -0.1) is 0 Å². The number of nitrogens with zero attached hydrogens (tertiary/aromatic N) is 1. The van der Waals surface area contributed by atoms with Gasteiger partial charge in [-0.25, -0.2) is 0 Å². The van der Waals surface area contributed by atoms with Crippen molar-refractivity contribution < 1.29 is 24.1 Å². The normalized spacial score (nSPS) is 24.7. The second kappa shape index (κ2) is 15.4. The molecule has 4 atom stereocenters. The SMILES string of the molecule is CCCCCC=CCC=CCC=CCC=CCCCC(=O)OC1C(O)C=C2CCN3Cc4cc5c(cc4C1C23)OCO5. The van der Waals surface area contributed by atoms with Gasteiger partial charge in [0.25, 0.3) is 0 Å². The molecule has 4 aliphatic rings. The van der Waals surface area contributed by atoms with E-state index in [4.69, 9.17) is 14.2 Å². The number of fused-ring (bicyclic) bond motifs is 3. The predicted molar refractivity (Wildman–Crippen MR) is 166 cm³/mol. The van der Waals surface area contributed by atoms with Crippen LogP contribution in [0.1, 0.15) is 94.6 Å². The molecule has 42 heavy (non-hydrogen) atoms. The van der Waals surface area contributed by atoms with E-state index in [1.807, 2.05) is 12.1 Å². The molecule has 1 aromatic rings. The molecule has 5 rings (SSSR count). The molecule has 0 aromatic heterocycles. The van der Waals surface area contributed by atoms with Crippen molar-refractivity contribution >= 4 is 5.97 Å². The number of aliphatic hydroxyl groups excluding tert-OH is 1. The number of benzene rings is 1. The van der Waals surface area contributed by atoms with Crippen LogP contribution in [0.3, 0.4) is 0 Å². The number of unbranched alkanes of at least 4 members (excludes halogenated alkanes) is 4. The lowest BCUT2D eigenvalue weighted by molar-refractivity contribution is -0.157. The van der Waals surface area contributed by atoms with E-state index in [0.717, 1.165) is 74.2 Å². The smallest absolute Gasteiger partial charge is 0.306 e. The number of hydrogen-bond donors (Lipinski definition) is 1. The highest BCUT2D eigenvalue weighted by Gasteiger charge is 2.50. The standard InChI is InChI=1S/C36H47NO5/c1-2-3-4-5-6-7-8-9-10-11-12-13-14-15-16-17-18-19-33(39)42-36-30(38)22-27-20-21-37-25-28-23-31-32(41-26-40-31)24-29(28)34(36)35(27)37/h6-7,9-10,12-13,15-16,22-24,30,34-36,38H,2-5,8,11,14,17-21,25-26H2,1H3. The minimum atomic E-state index is -0.810. The van der Waals surface area contributed by atoms with Crippen LogP contribution < -0.4 is 9.47 Å². The summed E-state index contributed by atoms with van der Waals surface area (Å²) in [4.78, 5) is 15.4. The molecule has 6 nitrogen and oxygen atoms in total. The molecule has 1 aliphatic carbocycles. The van der Waals surface area contributed by atoms with Gasteiger partial charge in [-0.1, -0.05) is 80.0 Å². The Morgan fingerprint density at radius 3 is 2.33 bits per heavy atom. The summed E-state index contributed by atoms with van der Waals surface area (Å²) in [6.07, 6.45) is 29.0. The minimum absolute atomic E-state index is 0.113. The zero-order valence-corrected chi connectivity index (χ0v) is 25.1. The summed E-state index contributed by atoms with van der Waals surface area (Å²) in [6.45, 7) is 4.24. The van der Waals surface area contributed by atoms with Crippen LogP contribution in [0.2, 0.25) is 0 Å². The number of hydrogen-bond acceptors (Lipinski definition) is 6. The maximum Gasteiger partial charge on any atom is 0.306 e. The molecule has 1 N–H and O–H groups in total. The van der Waals surface area contributed by atoms with Crippen LogP contribution in [0.4, 0.5) is 0 Å². The van der Waals surface area contributed by atoms with Crippen molar-refractivity contribution in [3.63, 3.8) is 0 Å². The summed E-state index contributed by atoms with van der Waals surface area (Å²) in [5.41, 5.74) is 3.52. The second-order valence-electron chi connectivity index (χ2n) is 11.8. The summed E-state index contributed by atoms with van der Waals surface area (Å²) in [6, 6.07) is 4.25. The number of esters is 1. The zero-order chi connectivity index (χ0) is 29.1. The van der Waals surface area contributed by atoms with E-state index in [0.29, 0.717) is 6.42 Å². The number of ether oxygens (including phenoxy) is 3. The van der Waals surface area contributed by atoms with Gasteiger partial charge in [0.15, 0.2) is 11.5 Å². The second-order valence-corrected chi connectivity index (χ2v) is 11.8. The van der Waals surface area contributed by atoms with Gasteiger partial charge in [-0.05, 0) is 74.6 Å². The highest BCUT2D eigenvalue weighted by Crippen LogP contribution is 2.50. The molecule has 1 saturated heterocycles. The molecule has 0 bridgehead atoms. The summed E-state index contributed by atoms with van der Waals surface area (Å²) >= 11 is 0. The first-order valence-electron chi connectivity index (χ1n) is 16.0. The molecule has 0 spiro atoms. The van der Waals surface area contributed by atoms with Gasteiger partial charge in [0.2, 0.25) is 6.79 Å². The van der Waals surface area contributed by atoms with Crippen LogP contribution in [0.5, 0.6) is 11.5 Å². The Labute approximate surface area is 251 Å². The monoisotopic (exact) mass is 573 g/mol. The molecule has 3 heterocycles. The Morgan fingerprint density at radius 2 is 1.62 bits per heavy atom. The quantitative estimate of drug-likeness (QED) is 0.134. The first-order valence-corrected chi connectivity index (χ1v) is 16.0. The maximum absolute atomic E-state index is 12.9. The highest BCUT2D eigenvalue weighted by molar-refractivity contribution is 5.70. The molecule has 0 saturated carbocycles. The van der Waals surface area contributed by atoms with E-state index in [1.54, 1.807) is 0 Å². The fourth-order valence-electron chi connectivity index (χ4n) is 6.61. The number of carbonyl (C=O) groups excluding carboxylic acids is 1. The maximum atomic E-state index is 12.9.